The predicted octanol–water partition coefficient (Wildman–Crippen LogP) is 1.76. The molecule has 0 unspecified atom stereocenters. The second-order valence-electron chi connectivity index (χ2n) is 3.97. The van der Waals surface area contributed by atoms with Crippen molar-refractivity contribution < 1.29 is 14.7 Å². The molecule has 0 saturated heterocycles. The molecule has 1 aromatic carbocycles. The van der Waals surface area contributed by atoms with Crippen LogP contribution in [0.1, 0.15) is 11.3 Å². The summed E-state index contributed by atoms with van der Waals surface area (Å²) >= 11 is 0. The van der Waals surface area contributed by atoms with Gasteiger partial charge in [-0.15, -0.1) is 0 Å². The number of nitrogens with zero attached hydrogens (tertiary/aromatic N) is 2. The summed E-state index contributed by atoms with van der Waals surface area (Å²) in [7, 11) is 1.59. The van der Waals surface area contributed by atoms with E-state index in [0.717, 1.165) is 5.56 Å². The molecule has 0 atom stereocenters. The Morgan fingerprint density at radius 2 is 2.05 bits per heavy atom. The molecule has 0 fully saturated rings. The minimum atomic E-state index is -0.0378. The minimum Gasteiger partial charge on any atom is -0.493 e. The van der Waals surface area contributed by atoms with Crippen molar-refractivity contribution in [3.8, 4) is 11.5 Å². The molecule has 0 spiro atoms. The number of aromatic nitrogens is 1. The third kappa shape index (κ3) is 3.17. The summed E-state index contributed by atoms with van der Waals surface area (Å²) in [4.78, 5) is 4.00. The lowest BCUT2D eigenvalue weighted by Crippen LogP contribution is -2.15. The van der Waals surface area contributed by atoms with E-state index in [9.17, 15) is 0 Å². The molecular formula is C14H15N3O3. The van der Waals surface area contributed by atoms with Gasteiger partial charge in [0.2, 0.25) is 0 Å². The number of hydrogen-bond donors (Lipinski definition) is 2. The zero-order chi connectivity index (χ0) is 14.4. The standard InChI is InChI=1S/C14H15N3O3/c1-19-12-4-2-3-5-13(12)20-9-10-6-7-16-11(8-10)14(15)17-18/h2-8,18H,9H2,1H3,(H2,15,17). The minimum absolute atomic E-state index is 0.0378. The molecule has 104 valence electrons. The summed E-state index contributed by atoms with van der Waals surface area (Å²) < 4.78 is 10.9. The van der Waals surface area contributed by atoms with Crippen LogP contribution in [0.15, 0.2) is 47.8 Å². The molecule has 0 aliphatic heterocycles. The number of rotatable bonds is 5. The first-order valence-corrected chi connectivity index (χ1v) is 5.93. The molecule has 1 heterocycles. The lowest BCUT2D eigenvalue weighted by Gasteiger charge is -2.10. The van der Waals surface area contributed by atoms with Crippen molar-refractivity contribution in [2.45, 2.75) is 6.61 Å². The number of methoxy groups -OCH3 is 1. The van der Waals surface area contributed by atoms with Crippen LogP contribution in [0.3, 0.4) is 0 Å². The van der Waals surface area contributed by atoms with Crippen LogP contribution in [0.2, 0.25) is 0 Å². The highest BCUT2D eigenvalue weighted by Crippen LogP contribution is 2.26. The van der Waals surface area contributed by atoms with Crippen LogP contribution in [0, 0.1) is 0 Å². The molecule has 3 N–H and O–H groups in total. The summed E-state index contributed by atoms with van der Waals surface area (Å²) in [5, 5.41) is 11.5. The fourth-order valence-electron chi connectivity index (χ4n) is 1.65. The summed E-state index contributed by atoms with van der Waals surface area (Å²) in [6.45, 7) is 0.328. The second kappa shape index (κ2) is 6.42. The van der Waals surface area contributed by atoms with Crippen LogP contribution in [-0.2, 0) is 6.61 Å². The van der Waals surface area contributed by atoms with Gasteiger partial charge in [0.1, 0.15) is 12.3 Å². The number of para-hydroxylation sites is 2. The Kier molecular flexibility index (Phi) is 4.39. The van der Waals surface area contributed by atoms with Crippen molar-refractivity contribution >= 4 is 5.84 Å². The van der Waals surface area contributed by atoms with E-state index in [0.29, 0.717) is 23.8 Å². The van der Waals surface area contributed by atoms with Gasteiger partial charge in [0.25, 0.3) is 0 Å². The van der Waals surface area contributed by atoms with Crippen molar-refractivity contribution in [2.24, 2.45) is 10.9 Å². The van der Waals surface area contributed by atoms with Gasteiger partial charge in [0.05, 0.1) is 7.11 Å². The average molecular weight is 273 g/mol. The molecule has 1 aromatic heterocycles. The molecule has 20 heavy (non-hydrogen) atoms. The highest BCUT2D eigenvalue weighted by molar-refractivity contribution is 5.95. The van der Waals surface area contributed by atoms with Crippen LogP contribution in [-0.4, -0.2) is 23.1 Å². The van der Waals surface area contributed by atoms with Gasteiger partial charge in [-0.3, -0.25) is 4.98 Å². The van der Waals surface area contributed by atoms with E-state index in [1.54, 1.807) is 25.4 Å². The Labute approximate surface area is 116 Å². The summed E-state index contributed by atoms with van der Waals surface area (Å²) in [6.07, 6.45) is 1.58. The van der Waals surface area contributed by atoms with Gasteiger partial charge in [-0.2, -0.15) is 0 Å². The van der Waals surface area contributed by atoms with Gasteiger partial charge in [0, 0.05) is 6.20 Å². The smallest absolute Gasteiger partial charge is 0.188 e. The van der Waals surface area contributed by atoms with E-state index in [1.807, 2.05) is 24.3 Å². The van der Waals surface area contributed by atoms with E-state index in [4.69, 9.17) is 20.4 Å². The van der Waals surface area contributed by atoms with Gasteiger partial charge in [0.15, 0.2) is 17.3 Å². The van der Waals surface area contributed by atoms with Crippen molar-refractivity contribution in [3.05, 3.63) is 53.9 Å². The fraction of sp³-hybridized carbons (Fsp3) is 0.143. The number of pyridine rings is 1. The zero-order valence-electron chi connectivity index (χ0n) is 11.0. The van der Waals surface area contributed by atoms with Crippen LogP contribution < -0.4 is 15.2 Å². The number of benzene rings is 1. The second-order valence-corrected chi connectivity index (χ2v) is 3.97. The largest absolute Gasteiger partial charge is 0.493 e. The highest BCUT2D eigenvalue weighted by Gasteiger charge is 2.05. The average Bonchev–Trinajstić information content (AvgIpc) is 2.52. The van der Waals surface area contributed by atoms with Crippen LogP contribution >= 0.6 is 0 Å². The van der Waals surface area contributed by atoms with Gasteiger partial charge in [-0.05, 0) is 29.8 Å². The van der Waals surface area contributed by atoms with E-state index >= 15 is 0 Å². The number of nitrogens with two attached hydrogens (primary N) is 1. The van der Waals surface area contributed by atoms with Crippen molar-refractivity contribution in [1.82, 2.24) is 4.98 Å². The quantitative estimate of drug-likeness (QED) is 0.375. The fourth-order valence-corrected chi connectivity index (χ4v) is 1.65. The Hall–Kier alpha value is -2.76. The first-order chi connectivity index (χ1) is 9.74. The summed E-state index contributed by atoms with van der Waals surface area (Å²) in [5.41, 5.74) is 6.74. The SMILES string of the molecule is COc1ccccc1OCc1ccnc(C(N)=NO)c1. The summed E-state index contributed by atoms with van der Waals surface area (Å²) in [5.74, 6) is 1.28. The van der Waals surface area contributed by atoms with Crippen molar-refractivity contribution in [3.63, 3.8) is 0 Å². The third-order valence-corrected chi connectivity index (χ3v) is 2.66. The van der Waals surface area contributed by atoms with Gasteiger partial charge >= 0.3 is 0 Å². The monoisotopic (exact) mass is 273 g/mol. The lowest BCUT2D eigenvalue weighted by atomic mass is 10.2. The first kappa shape index (κ1) is 13.7. The highest BCUT2D eigenvalue weighted by atomic mass is 16.5. The third-order valence-electron chi connectivity index (χ3n) is 2.66. The first-order valence-electron chi connectivity index (χ1n) is 5.93. The van der Waals surface area contributed by atoms with E-state index in [2.05, 4.69) is 10.1 Å². The number of ether oxygens (including phenoxy) is 2. The van der Waals surface area contributed by atoms with Crippen LogP contribution in [0.5, 0.6) is 11.5 Å². The normalized spacial score (nSPS) is 11.2. The van der Waals surface area contributed by atoms with Crippen LogP contribution in [0.25, 0.3) is 0 Å². The van der Waals surface area contributed by atoms with Gasteiger partial charge < -0.3 is 20.4 Å². The number of amidine groups is 1. The number of hydrogen-bond acceptors (Lipinski definition) is 5. The molecule has 6 nitrogen and oxygen atoms in total. The number of oxime groups is 1. The molecule has 2 aromatic rings. The van der Waals surface area contributed by atoms with E-state index in [-0.39, 0.29) is 5.84 Å². The van der Waals surface area contributed by atoms with Gasteiger partial charge in [-0.1, -0.05) is 17.3 Å². The van der Waals surface area contributed by atoms with Crippen molar-refractivity contribution in [1.29, 1.82) is 0 Å². The Morgan fingerprint density at radius 3 is 2.75 bits per heavy atom. The molecule has 6 heteroatoms. The Balaban J connectivity index is 2.11. The molecule has 0 radical (unpaired) electrons. The molecule has 0 bridgehead atoms. The van der Waals surface area contributed by atoms with Crippen molar-refractivity contribution in [2.75, 3.05) is 7.11 Å². The lowest BCUT2D eigenvalue weighted by molar-refractivity contribution is 0.284. The Morgan fingerprint density at radius 1 is 1.30 bits per heavy atom. The predicted molar refractivity (Wildman–Crippen MR) is 74.1 cm³/mol. The maximum atomic E-state index is 8.63. The summed E-state index contributed by atoms with van der Waals surface area (Å²) in [6, 6.07) is 10.9. The maximum Gasteiger partial charge on any atom is 0.188 e. The van der Waals surface area contributed by atoms with E-state index in [1.165, 1.54) is 0 Å². The Bertz CT molecular complexity index is 614. The molecule has 0 aliphatic rings. The topological polar surface area (TPSA) is 90.0 Å². The zero-order valence-corrected chi connectivity index (χ0v) is 11.0. The van der Waals surface area contributed by atoms with Gasteiger partial charge in [-0.25, -0.2) is 0 Å². The molecule has 2 rings (SSSR count). The van der Waals surface area contributed by atoms with Crippen LogP contribution in [0.4, 0.5) is 0 Å². The maximum absolute atomic E-state index is 8.63. The molecule has 0 aliphatic carbocycles. The molecule has 0 saturated carbocycles. The molecular weight excluding hydrogens is 258 g/mol. The van der Waals surface area contributed by atoms with E-state index < -0.39 is 0 Å². The molecule has 0 amide bonds.